The second-order valence-corrected chi connectivity index (χ2v) is 12.2. The molecule has 2 aliphatic rings. The van der Waals surface area contributed by atoms with Gasteiger partial charge in [-0.3, -0.25) is 23.7 Å². The number of hydrogen-bond acceptors (Lipinski definition) is 8. The van der Waals surface area contributed by atoms with Crippen LogP contribution >= 0.6 is 23.1 Å². The van der Waals surface area contributed by atoms with Crippen molar-refractivity contribution in [2.45, 2.75) is 29.7 Å². The summed E-state index contributed by atoms with van der Waals surface area (Å²) in [5.41, 5.74) is 1.40. The number of rotatable bonds is 7. The number of ether oxygens (including phenoxy) is 1. The van der Waals surface area contributed by atoms with Crippen LogP contribution in [0.25, 0.3) is 0 Å². The molecule has 9 nitrogen and oxygen atoms in total. The molecular weight excluding hydrogens is 612 g/mol. The van der Waals surface area contributed by atoms with Crippen LogP contribution in [0.3, 0.4) is 0 Å². The predicted molar refractivity (Wildman–Crippen MR) is 160 cm³/mol. The largest absolute Gasteiger partial charge is 0.462 e. The summed E-state index contributed by atoms with van der Waals surface area (Å²) >= 11 is 1.90. The summed E-state index contributed by atoms with van der Waals surface area (Å²) in [7, 11) is 0. The number of thioether (sulfide) groups is 1. The minimum atomic E-state index is -0.949. The molecule has 0 saturated carbocycles. The van der Waals surface area contributed by atoms with E-state index in [2.05, 4.69) is 5.32 Å². The topological polar surface area (TPSA) is 115 Å². The van der Waals surface area contributed by atoms with Crippen molar-refractivity contribution < 1.29 is 32.7 Å². The first kappa shape index (κ1) is 29.5. The lowest BCUT2D eigenvalue weighted by Gasteiger charge is -2.30. The van der Waals surface area contributed by atoms with Crippen LogP contribution in [0.2, 0.25) is 0 Å². The van der Waals surface area contributed by atoms with E-state index in [-0.39, 0.29) is 24.4 Å². The first-order chi connectivity index (χ1) is 21.2. The number of carbonyl (C=O) groups is 4. The van der Waals surface area contributed by atoms with Gasteiger partial charge in [-0.05, 0) is 73.2 Å². The van der Waals surface area contributed by atoms with E-state index in [1.807, 2.05) is 0 Å². The smallest absolute Gasteiger partial charge is 0.338 e. The maximum absolute atomic E-state index is 14.0. The maximum Gasteiger partial charge on any atom is 0.338 e. The molecule has 0 radical (unpaired) electrons. The number of halogens is 2. The molecule has 3 amide bonds. The Bertz CT molecular complexity index is 1840. The van der Waals surface area contributed by atoms with Gasteiger partial charge in [0.25, 0.3) is 0 Å². The molecule has 3 heterocycles. The Hall–Kier alpha value is -4.62. The molecule has 2 unspecified atom stereocenters. The number of nitrogens with zero attached hydrogens (tertiary/aromatic N) is 2. The summed E-state index contributed by atoms with van der Waals surface area (Å²) in [6.45, 7) is 1.49. The number of aromatic nitrogens is 1. The van der Waals surface area contributed by atoms with E-state index >= 15 is 0 Å². The van der Waals surface area contributed by atoms with Crippen LogP contribution in [0.1, 0.15) is 33.6 Å². The van der Waals surface area contributed by atoms with Crippen LogP contribution in [0, 0.1) is 17.6 Å². The zero-order valence-corrected chi connectivity index (χ0v) is 24.6. The molecule has 1 fully saturated rings. The molecule has 44 heavy (non-hydrogen) atoms. The number of benzene rings is 3. The van der Waals surface area contributed by atoms with Crippen LogP contribution in [0.4, 0.5) is 20.2 Å². The van der Waals surface area contributed by atoms with Gasteiger partial charge in [0.2, 0.25) is 17.7 Å². The third-order valence-electron chi connectivity index (χ3n) is 7.34. The van der Waals surface area contributed by atoms with Crippen LogP contribution in [-0.4, -0.2) is 40.1 Å². The standard InChI is InChI=1S/C31H23F2N3O6S2/c1-2-42-30(40)17-5-13-21(14-6-17)36-27(38)24-23(16-3-7-18(32)8-4-16)26-29(43-25(24)28(36)39)35(31(41)44-26)15-22(37)34-20-11-9-19(33)10-12-20/h3-14,23-25H,2,15H2,1H3,(H,34,37)/t23-,24?,25?/m0/s1. The number of hydrogen-bond donors (Lipinski definition) is 1. The first-order valence-electron chi connectivity index (χ1n) is 13.5. The van der Waals surface area contributed by atoms with Crippen molar-refractivity contribution in [3.05, 3.63) is 110 Å². The summed E-state index contributed by atoms with van der Waals surface area (Å²) in [4.78, 5) is 67.2. The highest BCUT2D eigenvalue weighted by atomic mass is 32.2. The number of imide groups is 1. The van der Waals surface area contributed by atoms with Gasteiger partial charge in [-0.2, -0.15) is 0 Å². The van der Waals surface area contributed by atoms with Gasteiger partial charge in [0.05, 0.1) is 28.8 Å². The molecule has 2 aliphatic heterocycles. The Morgan fingerprint density at radius 2 is 1.52 bits per heavy atom. The van der Waals surface area contributed by atoms with Gasteiger partial charge in [0.15, 0.2) is 0 Å². The molecule has 224 valence electrons. The van der Waals surface area contributed by atoms with Crippen LogP contribution in [0.15, 0.2) is 82.6 Å². The SMILES string of the molecule is CCOC(=O)c1ccc(N2C(=O)C3Sc4c(sc(=O)n4CC(=O)Nc4ccc(F)cc4)[C@@H](c4ccc(F)cc4)C3C2=O)cc1. The number of carbonyl (C=O) groups excluding carboxylic acids is 4. The quantitative estimate of drug-likeness (QED) is 0.229. The highest BCUT2D eigenvalue weighted by Gasteiger charge is 2.56. The van der Waals surface area contributed by atoms with Crippen molar-refractivity contribution in [3.8, 4) is 0 Å². The van der Waals surface area contributed by atoms with Crippen LogP contribution < -0.4 is 15.1 Å². The average molecular weight is 636 g/mol. The summed E-state index contributed by atoms with van der Waals surface area (Å²) in [6.07, 6.45) is 0. The van der Waals surface area contributed by atoms with Crippen molar-refractivity contribution >= 4 is 58.2 Å². The van der Waals surface area contributed by atoms with E-state index in [1.165, 1.54) is 77.4 Å². The van der Waals surface area contributed by atoms with E-state index in [1.54, 1.807) is 6.92 Å². The second-order valence-electron chi connectivity index (χ2n) is 10.1. The van der Waals surface area contributed by atoms with E-state index in [9.17, 15) is 32.8 Å². The summed E-state index contributed by atoms with van der Waals surface area (Å²) in [5, 5.41) is 2.05. The Kier molecular flexibility index (Phi) is 7.91. The Morgan fingerprint density at radius 3 is 2.16 bits per heavy atom. The zero-order chi connectivity index (χ0) is 31.1. The van der Waals surface area contributed by atoms with Gasteiger partial charge in [-0.25, -0.2) is 18.5 Å². The molecule has 4 aromatic rings. The molecule has 0 aliphatic carbocycles. The lowest BCUT2D eigenvalue weighted by Crippen LogP contribution is -2.33. The lowest BCUT2D eigenvalue weighted by molar-refractivity contribution is -0.122. The van der Waals surface area contributed by atoms with Crippen molar-refractivity contribution in [3.63, 3.8) is 0 Å². The molecule has 3 aromatic carbocycles. The molecular formula is C31H23F2N3O6S2. The van der Waals surface area contributed by atoms with Crippen LogP contribution in [0.5, 0.6) is 0 Å². The number of esters is 1. The van der Waals surface area contributed by atoms with Gasteiger partial charge in [-0.15, -0.1) is 0 Å². The fourth-order valence-corrected chi connectivity index (χ4v) is 8.15. The van der Waals surface area contributed by atoms with Gasteiger partial charge in [-0.1, -0.05) is 35.2 Å². The van der Waals surface area contributed by atoms with Crippen molar-refractivity contribution in [2.75, 3.05) is 16.8 Å². The molecule has 0 bridgehead atoms. The minimum Gasteiger partial charge on any atom is -0.462 e. The number of anilines is 2. The normalized spacial score (nSPS) is 19.0. The summed E-state index contributed by atoms with van der Waals surface area (Å²) in [6, 6.07) is 16.6. The molecule has 6 rings (SSSR count). The van der Waals surface area contributed by atoms with Crippen molar-refractivity contribution in [1.29, 1.82) is 0 Å². The number of nitrogens with one attached hydrogen (secondary N) is 1. The van der Waals surface area contributed by atoms with Gasteiger partial charge in [0, 0.05) is 16.5 Å². The van der Waals surface area contributed by atoms with Crippen molar-refractivity contribution in [2.24, 2.45) is 5.92 Å². The predicted octanol–water partition coefficient (Wildman–Crippen LogP) is 4.80. The fourth-order valence-electron chi connectivity index (χ4n) is 5.38. The molecule has 13 heteroatoms. The minimum absolute atomic E-state index is 0.193. The molecule has 3 atom stereocenters. The fraction of sp³-hybridized carbons (Fsp3) is 0.194. The molecule has 0 spiro atoms. The van der Waals surface area contributed by atoms with E-state index in [0.717, 1.165) is 28.0 Å². The summed E-state index contributed by atoms with van der Waals surface area (Å²) < 4.78 is 33.5. The summed E-state index contributed by atoms with van der Waals surface area (Å²) in [5.74, 6) is -4.75. The van der Waals surface area contributed by atoms with E-state index in [4.69, 9.17) is 4.74 Å². The Morgan fingerprint density at radius 1 is 0.886 bits per heavy atom. The first-order valence-corrected chi connectivity index (χ1v) is 15.2. The third kappa shape index (κ3) is 5.33. The number of fused-ring (bicyclic) bond motifs is 2. The second kappa shape index (κ2) is 11.8. The van der Waals surface area contributed by atoms with Gasteiger partial charge >= 0.3 is 10.8 Å². The number of amides is 3. The Balaban J connectivity index is 1.36. The van der Waals surface area contributed by atoms with Crippen molar-refractivity contribution in [1.82, 2.24) is 4.57 Å². The number of thiazole rings is 1. The molecule has 1 N–H and O–H groups in total. The molecule has 1 aromatic heterocycles. The third-order valence-corrected chi connectivity index (χ3v) is 9.95. The van der Waals surface area contributed by atoms with E-state index in [0.29, 0.717) is 21.2 Å². The van der Waals surface area contributed by atoms with E-state index < -0.39 is 57.3 Å². The van der Waals surface area contributed by atoms with Crippen LogP contribution in [-0.2, 0) is 25.7 Å². The monoisotopic (exact) mass is 635 g/mol. The highest BCUT2D eigenvalue weighted by Crippen LogP contribution is 2.53. The average Bonchev–Trinajstić information content (AvgIpc) is 3.45. The van der Waals surface area contributed by atoms with Gasteiger partial charge < -0.3 is 10.1 Å². The zero-order valence-electron chi connectivity index (χ0n) is 23.0. The maximum atomic E-state index is 14.0. The highest BCUT2D eigenvalue weighted by molar-refractivity contribution is 8.00. The Labute approximate surface area is 257 Å². The van der Waals surface area contributed by atoms with Gasteiger partial charge in [0.1, 0.15) is 23.4 Å². The lowest BCUT2D eigenvalue weighted by atomic mass is 9.83. The molecule has 1 saturated heterocycles.